The van der Waals surface area contributed by atoms with Crippen LogP contribution in [-0.2, 0) is 12.8 Å². The highest BCUT2D eigenvalue weighted by atomic mass is 16.3. The Morgan fingerprint density at radius 3 is 1.77 bits per heavy atom. The minimum Gasteiger partial charge on any atom is -0.455 e. The van der Waals surface area contributed by atoms with Crippen LogP contribution in [0, 0.1) is 0 Å². The van der Waals surface area contributed by atoms with Gasteiger partial charge in [-0.25, -0.2) is 9.97 Å². The molecule has 0 amide bonds. The molecule has 0 bridgehead atoms. The Kier molecular flexibility index (Phi) is 6.84. The average molecular weight is 682 g/mol. The first-order chi connectivity index (χ1) is 26.2. The SMILES string of the molecule is c1ccc(-c2nc3ccccc3nc2-c2ccc(-c3ccc4c(c3)CCC3CCc5cc(-c6cccc7c6oc6ccccc67)ccc5N43)cc2)cc1. The number of benzene rings is 7. The highest BCUT2D eigenvalue weighted by Crippen LogP contribution is 2.46. The van der Waals surface area contributed by atoms with E-state index < -0.39 is 0 Å². The molecule has 1 unspecified atom stereocenters. The Labute approximate surface area is 308 Å². The number of rotatable bonds is 4. The van der Waals surface area contributed by atoms with Gasteiger partial charge in [0, 0.05) is 44.9 Å². The Balaban J connectivity index is 0.924. The molecule has 4 heterocycles. The molecule has 4 nitrogen and oxygen atoms in total. The summed E-state index contributed by atoms with van der Waals surface area (Å²) in [6, 6.07) is 56.8. The molecule has 0 saturated heterocycles. The fraction of sp³-hybridized carbons (Fsp3) is 0.102. The van der Waals surface area contributed by atoms with Crippen molar-refractivity contribution in [2.45, 2.75) is 31.7 Å². The first kappa shape index (κ1) is 30.1. The summed E-state index contributed by atoms with van der Waals surface area (Å²) >= 11 is 0. The van der Waals surface area contributed by atoms with Gasteiger partial charge in [-0.05, 0) is 96.0 Å². The van der Waals surface area contributed by atoms with Crippen LogP contribution in [0.25, 0.3) is 77.7 Å². The first-order valence-corrected chi connectivity index (χ1v) is 18.6. The summed E-state index contributed by atoms with van der Waals surface area (Å²) in [5.74, 6) is 0. The third-order valence-corrected chi connectivity index (χ3v) is 11.4. The third-order valence-electron chi connectivity index (χ3n) is 11.4. The van der Waals surface area contributed by atoms with Gasteiger partial charge in [-0.15, -0.1) is 0 Å². The monoisotopic (exact) mass is 681 g/mol. The smallest absolute Gasteiger partial charge is 0.143 e. The molecule has 252 valence electrons. The highest BCUT2D eigenvalue weighted by molar-refractivity contribution is 6.09. The number of fused-ring (bicyclic) bond motifs is 9. The zero-order chi connectivity index (χ0) is 34.9. The zero-order valence-electron chi connectivity index (χ0n) is 29.2. The Morgan fingerprint density at radius 2 is 1.04 bits per heavy atom. The largest absolute Gasteiger partial charge is 0.455 e. The molecule has 0 radical (unpaired) electrons. The Morgan fingerprint density at radius 1 is 0.472 bits per heavy atom. The standard InChI is InChI=1S/C49H35N3O/c1-2-9-32(10-3-1)47-48(51-43-15-6-5-14-42(43)50-47)33-19-17-31(18-20-33)34-23-27-44-36(29-34)21-25-38-26-22-37-30-35(24-28-45(37)52(38)44)39-12-8-13-41-40-11-4-7-16-46(40)53-49(39)41/h1-20,23-24,27-30,38H,21-22,25-26H2. The molecule has 2 aromatic heterocycles. The van der Waals surface area contributed by atoms with E-state index in [9.17, 15) is 0 Å². The lowest BCUT2D eigenvalue weighted by atomic mass is 9.85. The van der Waals surface area contributed by atoms with Crippen LogP contribution in [0.4, 0.5) is 11.4 Å². The molecular weight excluding hydrogens is 647 g/mol. The van der Waals surface area contributed by atoms with Crippen LogP contribution in [0.5, 0.6) is 0 Å². The maximum absolute atomic E-state index is 6.41. The van der Waals surface area contributed by atoms with E-state index in [-0.39, 0.29) is 0 Å². The average Bonchev–Trinajstić information content (AvgIpc) is 3.62. The zero-order valence-corrected chi connectivity index (χ0v) is 29.2. The predicted octanol–water partition coefficient (Wildman–Crippen LogP) is 12.6. The second-order valence-electron chi connectivity index (χ2n) is 14.4. The highest BCUT2D eigenvalue weighted by Gasteiger charge is 2.32. The van der Waals surface area contributed by atoms with Crippen molar-refractivity contribution in [1.29, 1.82) is 0 Å². The fourth-order valence-corrected chi connectivity index (χ4v) is 8.75. The van der Waals surface area contributed by atoms with Crippen LogP contribution in [0.1, 0.15) is 24.0 Å². The lowest BCUT2D eigenvalue weighted by Crippen LogP contribution is -2.39. The molecule has 4 heteroatoms. The number of hydrogen-bond donors (Lipinski definition) is 0. The maximum Gasteiger partial charge on any atom is 0.143 e. The van der Waals surface area contributed by atoms with Crippen LogP contribution < -0.4 is 4.90 Å². The van der Waals surface area contributed by atoms with Gasteiger partial charge in [0.05, 0.1) is 22.4 Å². The van der Waals surface area contributed by atoms with Crippen LogP contribution >= 0.6 is 0 Å². The minimum absolute atomic E-state index is 0.520. The number of aromatic nitrogens is 2. The van der Waals surface area contributed by atoms with Gasteiger partial charge >= 0.3 is 0 Å². The van der Waals surface area contributed by atoms with E-state index in [4.69, 9.17) is 14.4 Å². The van der Waals surface area contributed by atoms with Crippen LogP contribution in [0.2, 0.25) is 0 Å². The summed E-state index contributed by atoms with van der Waals surface area (Å²) in [5.41, 5.74) is 18.0. The van der Waals surface area contributed by atoms with Gasteiger partial charge in [0.15, 0.2) is 0 Å². The third kappa shape index (κ3) is 4.97. The Bertz CT molecular complexity index is 2850. The number of para-hydroxylation sites is 4. The van der Waals surface area contributed by atoms with Crippen molar-refractivity contribution in [3.63, 3.8) is 0 Å². The molecule has 0 N–H and O–H groups in total. The summed E-state index contributed by atoms with van der Waals surface area (Å²) in [4.78, 5) is 12.8. The molecule has 7 aromatic carbocycles. The maximum atomic E-state index is 6.41. The van der Waals surface area contributed by atoms with Crippen molar-refractivity contribution < 1.29 is 4.42 Å². The lowest BCUT2D eigenvalue weighted by Gasteiger charge is -2.43. The molecular formula is C49H35N3O. The Hall–Kier alpha value is -6.52. The van der Waals surface area contributed by atoms with Gasteiger partial charge in [0.1, 0.15) is 11.2 Å². The van der Waals surface area contributed by atoms with E-state index in [0.717, 1.165) is 76.0 Å². The summed E-state index contributed by atoms with van der Waals surface area (Å²) in [6.07, 6.45) is 4.51. The van der Waals surface area contributed by atoms with Crippen LogP contribution in [0.3, 0.4) is 0 Å². The van der Waals surface area contributed by atoms with Gasteiger partial charge in [-0.1, -0.05) is 115 Å². The molecule has 1 atom stereocenters. The molecule has 2 aliphatic rings. The van der Waals surface area contributed by atoms with Crippen LogP contribution in [0.15, 0.2) is 162 Å². The van der Waals surface area contributed by atoms with E-state index in [1.165, 1.54) is 50.0 Å². The fourth-order valence-electron chi connectivity index (χ4n) is 8.75. The van der Waals surface area contributed by atoms with Gasteiger partial charge in [-0.2, -0.15) is 0 Å². The molecule has 0 fully saturated rings. The second-order valence-corrected chi connectivity index (χ2v) is 14.4. The van der Waals surface area contributed by atoms with Crippen molar-refractivity contribution in [1.82, 2.24) is 9.97 Å². The van der Waals surface area contributed by atoms with Crippen LogP contribution in [-0.4, -0.2) is 16.0 Å². The lowest BCUT2D eigenvalue weighted by molar-refractivity contribution is 0.518. The topological polar surface area (TPSA) is 42.2 Å². The van der Waals surface area contributed by atoms with Crippen molar-refractivity contribution in [2.75, 3.05) is 4.90 Å². The van der Waals surface area contributed by atoms with Crippen molar-refractivity contribution in [3.05, 3.63) is 169 Å². The molecule has 2 aliphatic heterocycles. The molecule has 0 saturated carbocycles. The molecule has 0 spiro atoms. The number of anilines is 2. The summed E-state index contributed by atoms with van der Waals surface area (Å²) in [6.45, 7) is 0. The number of hydrogen-bond acceptors (Lipinski definition) is 4. The van der Waals surface area contributed by atoms with Gasteiger partial charge in [-0.3, -0.25) is 0 Å². The van der Waals surface area contributed by atoms with E-state index in [2.05, 4.69) is 126 Å². The van der Waals surface area contributed by atoms with E-state index >= 15 is 0 Å². The van der Waals surface area contributed by atoms with E-state index in [1.807, 2.05) is 36.4 Å². The molecule has 53 heavy (non-hydrogen) atoms. The van der Waals surface area contributed by atoms with Crippen molar-refractivity contribution in [2.24, 2.45) is 0 Å². The summed E-state index contributed by atoms with van der Waals surface area (Å²) in [7, 11) is 0. The quantitative estimate of drug-likeness (QED) is 0.185. The predicted molar refractivity (Wildman–Crippen MR) is 218 cm³/mol. The summed E-state index contributed by atoms with van der Waals surface area (Å²) in [5, 5.41) is 2.34. The van der Waals surface area contributed by atoms with Crippen molar-refractivity contribution in [3.8, 4) is 44.8 Å². The normalized spacial score (nSPS) is 15.0. The first-order valence-electron chi connectivity index (χ1n) is 18.6. The van der Waals surface area contributed by atoms with Gasteiger partial charge in [0.2, 0.25) is 0 Å². The molecule has 0 aliphatic carbocycles. The molecule has 9 aromatic rings. The van der Waals surface area contributed by atoms with Gasteiger partial charge in [0.25, 0.3) is 0 Å². The number of aryl methyl sites for hydroxylation is 2. The number of furan rings is 1. The number of nitrogens with zero attached hydrogens (tertiary/aromatic N) is 3. The second kappa shape index (κ2) is 12.0. The van der Waals surface area contributed by atoms with E-state index in [1.54, 1.807) is 0 Å². The summed E-state index contributed by atoms with van der Waals surface area (Å²) < 4.78 is 6.41. The van der Waals surface area contributed by atoms with Gasteiger partial charge < -0.3 is 9.32 Å². The van der Waals surface area contributed by atoms with Crippen molar-refractivity contribution >= 4 is 44.3 Å². The molecule has 11 rings (SSSR count). The van der Waals surface area contributed by atoms with E-state index in [0.29, 0.717) is 6.04 Å². The minimum atomic E-state index is 0.520.